The predicted molar refractivity (Wildman–Crippen MR) is 81.4 cm³/mol. The second-order valence-corrected chi connectivity index (χ2v) is 5.67. The van der Waals surface area contributed by atoms with Crippen LogP contribution in [-0.2, 0) is 11.2 Å². The Balaban J connectivity index is 1.85. The van der Waals surface area contributed by atoms with Crippen LogP contribution in [0.1, 0.15) is 54.9 Å². The minimum atomic E-state index is -0.919. The Morgan fingerprint density at radius 2 is 1.90 bits per heavy atom. The molecule has 1 fully saturated rings. The lowest BCUT2D eigenvalue weighted by atomic mass is 10.1. The largest absolute Gasteiger partial charge is 0.478 e. The summed E-state index contributed by atoms with van der Waals surface area (Å²) >= 11 is 0. The van der Waals surface area contributed by atoms with Crippen molar-refractivity contribution in [3.8, 4) is 0 Å². The zero-order chi connectivity index (χ0) is 15.2. The van der Waals surface area contributed by atoms with Crippen LogP contribution in [0.2, 0.25) is 0 Å². The van der Waals surface area contributed by atoms with Gasteiger partial charge in [-0.3, -0.25) is 4.79 Å². The van der Waals surface area contributed by atoms with Gasteiger partial charge in [0, 0.05) is 19.0 Å². The molecule has 1 aromatic carbocycles. The first kappa shape index (κ1) is 15.5. The second kappa shape index (κ2) is 7.25. The quantitative estimate of drug-likeness (QED) is 0.800. The molecule has 0 radical (unpaired) electrons. The molecule has 0 atom stereocenters. The molecule has 4 nitrogen and oxygen atoms in total. The summed E-state index contributed by atoms with van der Waals surface area (Å²) in [6.07, 6.45) is 5.63. The van der Waals surface area contributed by atoms with E-state index in [1.54, 1.807) is 24.3 Å². The Labute approximate surface area is 125 Å². The summed E-state index contributed by atoms with van der Waals surface area (Å²) < 4.78 is 0. The summed E-state index contributed by atoms with van der Waals surface area (Å²) in [5.74, 6) is -0.689. The van der Waals surface area contributed by atoms with Gasteiger partial charge in [-0.05, 0) is 43.4 Å². The number of carbonyl (C=O) groups excluding carboxylic acids is 1. The summed E-state index contributed by atoms with van der Waals surface area (Å²) in [5.41, 5.74) is 1.30. The topological polar surface area (TPSA) is 57.6 Å². The van der Waals surface area contributed by atoms with Crippen molar-refractivity contribution in [2.24, 2.45) is 0 Å². The molecule has 4 heteroatoms. The van der Waals surface area contributed by atoms with Crippen LogP contribution in [0.3, 0.4) is 0 Å². The van der Waals surface area contributed by atoms with Crippen molar-refractivity contribution in [1.82, 2.24) is 4.90 Å². The van der Waals surface area contributed by atoms with Crippen LogP contribution in [0, 0.1) is 0 Å². The van der Waals surface area contributed by atoms with Crippen LogP contribution < -0.4 is 0 Å². The molecule has 0 aromatic heterocycles. The number of nitrogens with zero attached hydrogens (tertiary/aromatic N) is 1. The van der Waals surface area contributed by atoms with Gasteiger partial charge >= 0.3 is 5.97 Å². The first-order valence-electron chi connectivity index (χ1n) is 7.73. The number of amides is 1. The van der Waals surface area contributed by atoms with Crippen LogP contribution in [0.25, 0.3) is 0 Å². The maximum atomic E-state index is 12.3. The van der Waals surface area contributed by atoms with Gasteiger partial charge in [-0.15, -0.1) is 0 Å². The number of carboxylic acid groups (broad SMARTS) is 1. The van der Waals surface area contributed by atoms with Crippen LogP contribution in [0.15, 0.2) is 24.3 Å². The standard InChI is InChI=1S/C17H23NO3/c1-2-3-12-18(15-9-10-15)16(19)11-6-13-4-7-14(8-5-13)17(20)21/h4-5,7-8,15H,2-3,6,9-12H2,1H3,(H,20,21). The lowest BCUT2D eigenvalue weighted by Gasteiger charge is -2.22. The van der Waals surface area contributed by atoms with Crippen molar-refractivity contribution in [3.63, 3.8) is 0 Å². The highest BCUT2D eigenvalue weighted by atomic mass is 16.4. The van der Waals surface area contributed by atoms with E-state index in [9.17, 15) is 9.59 Å². The van der Waals surface area contributed by atoms with E-state index in [1.807, 2.05) is 4.90 Å². The average molecular weight is 289 g/mol. The van der Waals surface area contributed by atoms with Crippen molar-refractivity contribution in [2.75, 3.05) is 6.54 Å². The monoisotopic (exact) mass is 289 g/mol. The molecule has 0 spiro atoms. The highest BCUT2D eigenvalue weighted by molar-refractivity contribution is 5.87. The van der Waals surface area contributed by atoms with Crippen LogP contribution in [0.4, 0.5) is 0 Å². The summed E-state index contributed by atoms with van der Waals surface area (Å²) in [4.78, 5) is 25.1. The normalized spacial score (nSPS) is 14.0. The van der Waals surface area contributed by atoms with Gasteiger partial charge < -0.3 is 10.0 Å². The lowest BCUT2D eigenvalue weighted by Crippen LogP contribution is -2.34. The Bertz CT molecular complexity index is 491. The molecular weight excluding hydrogens is 266 g/mol. The fourth-order valence-corrected chi connectivity index (χ4v) is 2.43. The van der Waals surface area contributed by atoms with Crippen LogP contribution in [-0.4, -0.2) is 34.5 Å². The van der Waals surface area contributed by atoms with E-state index in [0.717, 1.165) is 37.8 Å². The molecule has 1 aliphatic rings. The third-order valence-corrected chi connectivity index (χ3v) is 3.89. The second-order valence-electron chi connectivity index (χ2n) is 5.67. The smallest absolute Gasteiger partial charge is 0.335 e. The highest BCUT2D eigenvalue weighted by Crippen LogP contribution is 2.28. The van der Waals surface area contributed by atoms with Crippen LogP contribution >= 0.6 is 0 Å². The van der Waals surface area contributed by atoms with Gasteiger partial charge in [0.25, 0.3) is 0 Å². The number of carboxylic acids is 1. The van der Waals surface area contributed by atoms with Gasteiger partial charge in [-0.25, -0.2) is 4.79 Å². The number of aryl methyl sites for hydroxylation is 1. The number of hydrogen-bond donors (Lipinski definition) is 1. The number of benzene rings is 1. The Kier molecular flexibility index (Phi) is 5.37. The van der Waals surface area contributed by atoms with E-state index in [2.05, 4.69) is 6.92 Å². The zero-order valence-corrected chi connectivity index (χ0v) is 12.5. The van der Waals surface area contributed by atoms with Gasteiger partial charge in [-0.1, -0.05) is 25.5 Å². The molecule has 1 N–H and O–H groups in total. The maximum Gasteiger partial charge on any atom is 0.335 e. The molecule has 0 aliphatic heterocycles. The minimum Gasteiger partial charge on any atom is -0.478 e. The summed E-state index contributed by atoms with van der Waals surface area (Å²) in [5, 5.41) is 8.86. The van der Waals surface area contributed by atoms with Crippen LogP contribution in [0.5, 0.6) is 0 Å². The first-order chi connectivity index (χ1) is 10.1. The molecular formula is C17H23NO3. The Morgan fingerprint density at radius 3 is 2.43 bits per heavy atom. The molecule has 114 valence electrons. The third kappa shape index (κ3) is 4.59. The maximum absolute atomic E-state index is 12.3. The third-order valence-electron chi connectivity index (χ3n) is 3.89. The molecule has 1 amide bonds. The summed E-state index contributed by atoms with van der Waals surface area (Å²) in [6, 6.07) is 7.25. The van der Waals surface area contributed by atoms with E-state index < -0.39 is 5.97 Å². The fraction of sp³-hybridized carbons (Fsp3) is 0.529. The molecule has 0 saturated heterocycles. The highest BCUT2D eigenvalue weighted by Gasteiger charge is 2.31. The van der Waals surface area contributed by atoms with E-state index in [1.165, 1.54) is 0 Å². The van der Waals surface area contributed by atoms with Gasteiger partial charge in [0.2, 0.25) is 5.91 Å². The molecule has 0 unspecified atom stereocenters. The minimum absolute atomic E-state index is 0.230. The average Bonchev–Trinajstić information content (AvgIpc) is 3.30. The Hall–Kier alpha value is -1.84. The van der Waals surface area contributed by atoms with Gasteiger partial charge in [0.05, 0.1) is 5.56 Å². The van der Waals surface area contributed by atoms with Crippen molar-refractivity contribution in [3.05, 3.63) is 35.4 Å². The predicted octanol–water partition coefficient (Wildman–Crippen LogP) is 3.11. The molecule has 1 saturated carbocycles. The summed E-state index contributed by atoms with van der Waals surface area (Å²) in [6.45, 7) is 3.01. The van der Waals surface area contributed by atoms with Crippen molar-refractivity contribution in [2.45, 2.75) is 51.5 Å². The summed E-state index contributed by atoms with van der Waals surface area (Å²) in [7, 11) is 0. The Morgan fingerprint density at radius 1 is 1.24 bits per heavy atom. The molecule has 1 aromatic rings. The lowest BCUT2D eigenvalue weighted by molar-refractivity contribution is -0.131. The fourth-order valence-electron chi connectivity index (χ4n) is 2.43. The molecule has 1 aliphatic carbocycles. The van der Waals surface area contributed by atoms with Gasteiger partial charge in [0.15, 0.2) is 0 Å². The number of hydrogen-bond acceptors (Lipinski definition) is 2. The van der Waals surface area contributed by atoms with Gasteiger partial charge in [0.1, 0.15) is 0 Å². The first-order valence-corrected chi connectivity index (χ1v) is 7.73. The van der Waals surface area contributed by atoms with E-state index in [-0.39, 0.29) is 11.5 Å². The van der Waals surface area contributed by atoms with Crippen molar-refractivity contribution >= 4 is 11.9 Å². The van der Waals surface area contributed by atoms with E-state index in [0.29, 0.717) is 18.9 Å². The zero-order valence-electron chi connectivity index (χ0n) is 12.5. The number of rotatable bonds is 8. The number of carbonyl (C=O) groups is 2. The molecule has 0 bridgehead atoms. The number of aromatic carboxylic acids is 1. The van der Waals surface area contributed by atoms with Crippen molar-refractivity contribution < 1.29 is 14.7 Å². The molecule has 21 heavy (non-hydrogen) atoms. The molecule has 2 rings (SSSR count). The number of unbranched alkanes of at least 4 members (excludes halogenated alkanes) is 1. The van der Waals surface area contributed by atoms with E-state index >= 15 is 0 Å². The molecule has 0 heterocycles. The van der Waals surface area contributed by atoms with Gasteiger partial charge in [-0.2, -0.15) is 0 Å². The van der Waals surface area contributed by atoms with Crippen molar-refractivity contribution in [1.29, 1.82) is 0 Å². The SMILES string of the molecule is CCCCN(C(=O)CCc1ccc(C(=O)O)cc1)C1CC1. The van der Waals surface area contributed by atoms with E-state index in [4.69, 9.17) is 5.11 Å².